The molecule has 0 aliphatic rings. The lowest BCUT2D eigenvalue weighted by molar-refractivity contribution is -0.114. The van der Waals surface area contributed by atoms with E-state index in [1.807, 2.05) is 24.3 Å². The second kappa shape index (κ2) is 5.38. The van der Waals surface area contributed by atoms with Crippen molar-refractivity contribution < 1.29 is 4.79 Å². The quantitative estimate of drug-likeness (QED) is 0.753. The van der Waals surface area contributed by atoms with E-state index < -0.39 is 0 Å². The Labute approximate surface area is 138 Å². The van der Waals surface area contributed by atoms with Gasteiger partial charge in [-0.1, -0.05) is 44.5 Å². The zero-order valence-electron chi connectivity index (χ0n) is 13.4. The van der Waals surface area contributed by atoms with Gasteiger partial charge in [0.2, 0.25) is 5.91 Å². The van der Waals surface area contributed by atoms with Gasteiger partial charge in [0.15, 0.2) is 11.5 Å². The van der Waals surface area contributed by atoms with Gasteiger partial charge in [-0.2, -0.15) is 4.63 Å². The van der Waals surface area contributed by atoms with Crippen molar-refractivity contribution in [3.63, 3.8) is 0 Å². The molecule has 0 aliphatic heterocycles. The van der Waals surface area contributed by atoms with E-state index in [4.69, 9.17) is 11.6 Å². The number of amides is 1. The van der Waals surface area contributed by atoms with E-state index in [2.05, 4.69) is 41.3 Å². The van der Waals surface area contributed by atoms with Gasteiger partial charge in [0, 0.05) is 17.9 Å². The molecule has 0 atom stereocenters. The third kappa shape index (κ3) is 2.82. The maximum Gasteiger partial charge on any atom is 0.221 e. The molecule has 23 heavy (non-hydrogen) atoms. The number of hydrogen-bond acceptors (Lipinski definition) is 3. The molecule has 6 nitrogen and oxygen atoms in total. The van der Waals surface area contributed by atoms with Gasteiger partial charge in [-0.15, -0.1) is 5.10 Å². The van der Waals surface area contributed by atoms with Crippen molar-refractivity contribution in [3.05, 3.63) is 35.0 Å². The van der Waals surface area contributed by atoms with Crippen molar-refractivity contribution in [1.29, 1.82) is 0 Å². The number of carbonyl (C=O) groups excluding carboxylic acids is 1. The number of para-hydroxylation sites is 1. The van der Waals surface area contributed by atoms with E-state index in [1.54, 1.807) is 4.63 Å². The highest BCUT2D eigenvalue weighted by atomic mass is 35.5. The van der Waals surface area contributed by atoms with E-state index in [0.717, 1.165) is 11.3 Å². The Kier molecular flexibility index (Phi) is 3.64. The fraction of sp³-hybridized carbons (Fsp3) is 0.312. The minimum atomic E-state index is -0.143. The summed E-state index contributed by atoms with van der Waals surface area (Å²) in [4.78, 5) is 15.9. The molecule has 3 rings (SSSR count). The van der Waals surface area contributed by atoms with Gasteiger partial charge >= 0.3 is 0 Å². The summed E-state index contributed by atoms with van der Waals surface area (Å²) in [5.74, 6) is 0.359. The van der Waals surface area contributed by atoms with Crippen LogP contribution in [0.2, 0.25) is 5.02 Å². The number of nitrogens with one attached hydrogen (secondary N) is 2. The number of carbonyl (C=O) groups is 1. The largest absolute Gasteiger partial charge is 0.326 e. The molecule has 3 aromatic rings. The average molecular weight is 332 g/mol. The molecule has 0 saturated carbocycles. The summed E-state index contributed by atoms with van der Waals surface area (Å²) in [6, 6.07) is 7.40. The van der Waals surface area contributed by atoms with Gasteiger partial charge < -0.3 is 5.32 Å². The normalized spacial score (nSPS) is 11.9. The molecule has 0 radical (unpaired) electrons. The molecule has 2 N–H and O–H groups in total. The van der Waals surface area contributed by atoms with Crippen LogP contribution < -0.4 is 5.32 Å². The van der Waals surface area contributed by atoms with E-state index in [1.165, 1.54) is 6.92 Å². The molecule has 120 valence electrons. The fourth-order valence-corrected chi connectivity index (χ4v) is 2.83. The zero-order valence-corrected chi connectivity index (χ0v) is 14.2. The summed E-state index contributed by atoms with van der Waals surface area (Å²) in [7, 11) is 0. The Morgan fingerprint density at radius 2 is 2.00 bits per heavy atom. The molecule has 0 saturated heterocycles. The molecule has 0 aliphatic carbocycles. The van der Waals surface area contributed by atoms with Crippen LogP contribution in [0.25, 0.3) is 17.0 Å². The van der Waals surface area contributed by atoms with Crippen LogP contribution in [0.3, 0.4) is 0 Å². The molecule has 7 heteroatoms. The van der Waals surface area contributed by atoms with Gasteiger partial charge in [-0.05, 0) is 12.1 Å². The Bertz CT molecular complexity index is 888. The van der Waals surface area contributed by atoms with E-state index >= 15 is 0 Å². The monoisotopic (exact) mass is 331 g/mol. The number of rotatable bonds is 2. The van der Waals surface area contributed by atoms with Crippen molar-refractivity contribution in [3.8, 4) is 11.4 Å². The molecule has 0 spiro atoms. The minimum Gasteiger partial charge on any atom is -0.326 e. The lowest BCUT2D eigenvalue weighted by atomic mass is 9.92. The number of nitrogens with zero attached hydrogens (tertiary/aromatic N) is 3. The summed E-state index contributed by atoms with van der Waals surface area (Å²) >= 11 is 6.44. The number of benzene rings is 1. The van der Waals surface area contributed by atoms with Crippen molar-refractivity contribution in [2.75, 3.05) is 5.32 Å². The highest BCUT2D eigenvalue weighted by molar-refractivity contribution is 6.34. The Hall–Kier alpha value is -2.34. The standard InChI is InChI=1S/C16H18ClN5O/c1-9(23)18-11-8-6-5-7-10(11)14-19-15-12(17)13(16(2,3)4)20-22(15)21-14/h5-8,20H,1-4H3,(H,18,23). The molecule has 2 aromatic heterocycles. The number of fused-ring (bicyclic) bond motifs is 1. The summed E-state index contributed by atoms with van der Waals surface area (Å²) < 4.78 is 1.57. The fourth-order valence-electron chi connectivity index (χ4n) is 2.39. The van der Waals surface area contributed by atoms with Crippen LogP contribution in [0.15, 0.2) is 24.3 Å². The van der Waals surface area contributed by atoms with Crippen molar-refractivity contribution in [2.24, 2.45) is 0 Å². The SMILES string of the molecule is CC(=O)Nc1ccccc1-c1nc2c(Cl)c(C(C)(C)C)[nH]n2n1. The molecule has 0 fully saturated rings. The second-order valence-corrected chi connectivity index (χ2v) is 6.83. The first-order valence-electron chi connectivity index (χ1n) is 7.29. The van der Waals surface area contributed by atoms with Crippen molar-refractivity contribution >= 4 is 28.8 Å². The number of aromatic amines is 1. The van der Waals surface area contributed by atoms with Crippen LogP contribution in [0, 0.1) is 0 Å². The predicted octanol–water partition coefficient (Wildman–Crippen LogP) is 3.63. The summed E-state index contributed by atoms with van der Waals surface area (Å²) in [6.07, 6.45) is 0. The lowest BCUT2D eigenvalue weighted by Gasteiger charge is -2.16. The molecular formula is C16H18ClN5O. The molecule has 0 unspecified atom stereocenters. The first-order valence-corrected chi connectivity index (χ1v) is 7.67. The average Bonchev–Trinajstić information content (AvgIpc) is 2.98. The highest BCUT2D eigenvalue weighted by Crippen LogP contribution is 2.33. The topological polar surface area (TPSA) is 75.1 Å². The van der Waals surface area contributed by atoms with Crippen molar-refractivity contribution in [2.45, 2.75) is 33.1 Å². The summed E-state index contributed by atoms with van der Waals surface area (Å²) in [5, 5.41) is 11.0. The summed E-state index contributed by atoms with van der Waals surface area (Å²) in [5.41, 5.74) is 2.74. The third-order valence-corrected chi connectivity index (χ3v) is 3.83. The van der Waals surface area contributed by atoms with Gasteiger partial charge in [0.1, 0.15) is 5.02 Å². The number of halogens is 1. The van der Waals surface area contributed by atoms with E-state index in [-0.39, 0.29) is 11.3 Å². The molecule has 2 heterocycles. The van der Waals surface area contributed by atoms with Crippen LogP contribution in [-0.4, -0.2) is 25.7 Å². The van der Waals surface area contributed by atoms with Crippen LogP contribution in [0.4, 0.5) is 5.69 Å². The van der Waals surface area contributed by atoms with E-state index in [9.17, 15) is 4.79 Å². The maximum atomic E-state index is 11.3. The number of anilines is 1. The van der Waals surface area contributed by atoms with Gasteiger partial charge in [-0.3, -0.25) is 9.89 Å². The highest BCUT2D eigenvalue weighted by Gasteiger charge is 2.24. The molecule has 1 aromatic carbocycles. The Morgan fingerprint density at radius 1 is 1.30 bits per heavy atom. The smallest absolute Gasteiger partial charge is 0.221 e. The Balaban J connectivity index is 2.11. The van der Waals surface area contributed by atoms with Crippen LogP contribution >= 0.6 is 11.6 Å². The molecular weight excluding hydrogens is 314 g/mol. The second-order valence-electron chi connectivity index (χ2n) is 6.45. The van der Waals surface area contributed by atoms with Gasteiger partial charge in [-0.25, -0.2) is 4.98 Å². The number of aromatic nitrogens is 4. The predicted molar refractivity (Wildman–Crippen MR) is 90.8 cm³/mol. The van der Waals surface area contributed by atoms with Gasteiger partial charge in [0.05, 0.1) is 11.4 Å². The van der Waals surface area contributed by atoms with Crippen LogP contribution in [-0.2, 0) is 10.2 Å². The third-order valence-electron chi connectivity index (χ3n) is 3.47. The maximum absolute atomic E-state index is 11.3. The van der Waals surface area contributed by atoms with Gasteiger partial charge in [0.25, 0.3) is 0 Å². The van der Waals surface area contributed by atoms with Crippen LogP contribution in [0.1, 0.15) is 33.4 Å². The molecule has 0 bridgehead atoms. The number of hydrogen-bond donors (Lipinski definition) is 2. The van der Waals surface area contributed by atoms with Crippen LogP contribution in [0.5, 0.6) is 0 Å². The number of H-pyrrole nitrogens is 1. The first kappa shape index (κ1) is 15.6. The van der Waals surface area contributed by atoms with E-state index in [0.29, 0.717) is 22.2 Å². The molecule has 1 amide bonds. The Morgan fingerprint density at radius 3 is 2.61 bits per heavy atom. The zero-order chi connectivity index (χ0) is 16.8. The first-order chi connectivity index (χ1) is 10.8. The lowest BCUT2D eigenvalue weighted by Crippen LogP contribution is -2.13. The summed E-state index contributed by atoms with van der Waals surface area (Å²) in [6.45, 7) is 7.67. The minimum absolute atomic E-state index is 0.131. The van der Waals surface area contributed by atoms with Crippen molar-refractivity contribution in [1.82, 2.24) is 19.8 Å².